The number of nitrogens with zero attached hydrogens (tertiary/aromatic N) is 2. The normalized spacial score (nSPS) is 12.0. The molecule has 0 aromatic heterocycles. The lowest BCUT2D eigenvalue weighted by Crippen LogP contribution is -2.35. The average Bonchev–Trinajstić information content (AvgIpc) is 2.55. The highest BCUT2D eigenvalue weighted by Crippen LogP contribution is 2.26. The third kappa shape index (κ3) is 4.69. The molecule has 0 aliphatic carbocycles. The molecule has 1 amide bonds. The van der Waals surface area contributed by atoms with E-state index in [4.69, 9.17) is 23.2 Å². The summed E-state index contributed by atoms with van der Waals surface area (Å²) < 4.78 is 0. The summed E-state index contributed by atoms with van der Waals surface area (Å²) in [6.45, 7) is 0.235. The molecule has 0 fully saturated rings. The summed E-state index contributed by atoms with van der Waals surface area (Å²) in [5.41, 5.74) is 0.491. The number of nitro groups is 1. The summed E-state index contributed by atoms with van der Waals surface area (Å²) >= 11 is 12.1. The predicted molar refractivity (Wildman–Crippen MR) is 98.3 cm³/mol. The first kappa shape index (κ1) is 19.2. The zero-order chi connectivity index (χ0) is 18.6. The smallest absolute Gasteiger partial charge is 0.282 e. The number of nitro benzene ring substituents is 1. The second kappa shape index (κ2) is 8.29. The Morgan fingerprint density at radius 1 is 1.24 bits per heavy atom. The third-order valence-electron chi connectivity index (χ3n) is 3.74. The molecule has 0 heterocycles. The van der Waals surface area contributed by atoms with Crippen molar-refractivity contribution in [3.8, 4) is 0 Å². The van der Waals surface area contributed by atoms with Gasteiger partial charge in [-0.1, -0.05) is 41.4 Å². The Morgan fingerprint density at radius 3 is 2.52 bits per heavy atom. The Bertz CT molecular complexity index is 796. The Balaban J connectivity index is 2.22. The number of likely N-dealkylation sites (N-methyl/N-ethyl adjacent to an activating group) is 1. The standard InChI is InChI=1S/C17H17Cl2N3O3/c1-21(2)16(12-5-3-4-6-14(12)19)10-20-17(23)13-9-11(18)7-8-15(13)22(24)25/h3-9,16H,10H2,1-2H3,(H,20,23). The zero-order valence-corrected chi connectivity index (χ0v) is 15.2. The number of hydrogen-bond acceptors (Lipinski definition) is 4. The summed E-state index contributed by atoms with van der Waals surface area (Å²) in [7, 11) is 3.73. The lowest BCUT2D eigenvalue weighted by atomic mass is 10.1. The van der Waals surface area contributed by atoms with Gasteiger partial charge in [-0.15, -0.1) is 0 Å². The van der Waals surface area contributed by atoms with Crippen molar-refractivity contribution in [2.24, 2.45) is 0 Å². The van der Waals surface area contributed by atoms with E-state index in [1.807, 2.05) is 37.2 Å². The molecule has 8 heteroatoms. The van der Waals surface area contributed by atoms with Crippen LogP contribution in [0.15, 0.2) is 42.5 Å². The molecule has 0 saturated carbocycles. The Hall–Kier alpha value is -2.15. The van der Waals surface area contributed by atoms with Gasteiger partial charge in [0.1, 0.15) is 5.56 Å². The second-order valence-corrected chi connectivity index (χ2v) is 6.47. The molecule has 0 bridgehead atoms. The van der Waals surface area contributed by atoms with Crippen molar-refractivity contribution >= 4 is 34.8 Å². The van der Waals surface area contributed by atoms with Crippen molar-refractivity contribution in [2.45, 2.75) is 6.04 Å². The lowest BCUT2D eigenvalue weighted by molar-refractivity contribution is -0.385. The third-order valence-corrected chi connectivity index (χ3v) is 4.32. The van der Waals surface area contributed by atoms with E-state index in [-0.39, 0.29) is 28.9 Å². The number of carbonyl (C=O) groups excluding carboxylic acids is 1. The van der Waals surface area contributed by atoms with Crippen LogP contribution in [0.2, 0.25) is 10.0 Å². The van der Waals surface area contributed by atoms with Crippen molar-refractivity contribution in [1.29, 1.82) is 0 Å². The minimum absolute atomic E-state index is 0.0748. The number of nitrogens with one attached hydrogen (secondary N) is 1. The Kier molecular flexibility index (Phi) is 6.36. The van der Waals surface area contributed by atoms with E-state index < -0.39 is 10.8 Å². The van der Waals surface area contributed by atoms with Crippen molar-refractivity contribution in [3.05, 3.63) is 73.8 Å². The van der Waals surface area contributed by atoms with Crippen molar-refractivity contribution < 1.29 is 9.72 Å². The number of benzene rings is 2. The minimum atomic E-state index is -0.608. The van der Waals surface area contributed by atoms with Crippen LogP contribution in [0.1, 0.15) is 22.0 Å². The van der Waals surface area contributed by atoms with Gasteiger partial charge in [0.05, 0.1) is 11.0 Å². The highest BCUT2D eigenvalue weighted by Gasteiger charge is 2.23. The molecular weight excluding hydrogens is 365 g/mol. The van der Waals surface area contributed by atoms with Gasteiger partial charge in [0.15, 0.2) is 0 Å². The van der Waals surface area contributed by atoms with Crippen LogP contribution in [0.25, 0.3) is 0 Å². The number of halogens is 2. The van der Waals surface area contributed by atoms with Gasteiger partial charge in [-0.2, -0.15) is 0 Å². The van der Waals surface area contributed by atoms with Gasteiger partial charge in [0, 0.05) is 22.7 Å². The molecule has 132 valence electrons. The van der Waals surface area contributed by atoms with Crippen LogP contribution in [0.3, 0.4) is 0 Å². The van der Waals surface area contributed by atoms with Crippen LogP contribution < -0.4 is 5.32 Å². The zero-order valence-electron chi connectivity index (χ0n) is 13.7. The number of amides is 1. The van der Waals surface area contributed by atoms with Crippen LogP contribution in [-0.2, 0) is 0 Å². The second-order valence-electron chi connectivity index (χ2n) is 5.63. The van der Waals surface area contributed by atoms with Crippen LogP contribution in [-0.4, -0.2) is 36.4 Å². The Morgan fingerprint density at radius 2 is 1.92 bits per heavy atom. The SMILES string of the molecule is CN(C)C(CNC(=O)c1cc(Cl)ccc1[N+](=O)[O-])c1ccccc1Cl. The molecule has 0 aliphatic heterocycles. The van der Waals surface area contributed by atoms with E-state index in [2.05, 4.69) is 5.32 Å². The molecule has 0 aliphatic rings. The topological polar surface area (TPSA) is 75.5 Å². The van der Waals surface area contributed by atoms with Gasteiger partial charge in [0.2, 0.25) is 0 Å². The molecule has 1 unspecified atom stereocenters. The highest BCUT2D eigenvalue weighted by molar-refractivity contribution is 6.31. The van der Waals surface area contributed by atoms with Crippen LogP contribution >= 0.6 is 23.2 Å². The first-order chi connectivity index (χ1) is 11.8. The van der Waals surface area contributed by atoms with Gasteiger partial charge >= 0.3 is 0 Å². The molecule has 1 N–H and O–H groups in total. The maximum Gasteiger partial charge on any atom is 0.282 e. The fraction of sp³-hybridized carbons (Fsp3) is 0.235. The summed E-state index contributed by atoms with van der Waals surface area (Å²) in [5.74, 6) is -0.562. The van der Waals surface area contributed by atoms with Crippen LogP contribution in [0.5, 0.6) is 0 Å². The summed E-state index contributed by atoms with van der Waals surface area (Å²) in [4.78, 5) is 24.8. The van der Waals surface area contributed by atoms with Gasteiger partial charge in [-0.3, -0.25) is 14.9 Å². The van der Waals surface area contributed by atoms with Gasteiger partial charge in [-0.05, 0) is 37.9 Å². The van der Waals surface area contributed by atoms with Crippen LogP contribution in [0.4, 0.5) is 5.69 Å². The van der Waals surface area contributed by atoms with Gasteiger partial charge < -0.3 is 10.2 Å². The Labute approximate surface area is 155 Å². The van der Waals surface area contributed by atoms with Crippen molar-refractivity contribution in [3.63, 3.8) is 0 Å². The van der Waals surface area contributed by atoms with Gasteiger partial charge in [0.25, 0.3) is 11.6 Å². The largest absolute Gasteiger partial charge is 0.350 e. The lowest BCUT2D eigenvalue weighted by Gasteiger charge is -2.26. The molecule has 2 aromatic carbocycles. The quantitative estimate of drug-likeness (QED) is 0.607. The van der Waals surface area contributed by atoms with Crippen molar-refractivity contribution in [1.82, 2.24) is 10.2 Å². The monoisotopic (exact) mass is 381 g/mol. The van der Waals surface area contributed by atoms with E-state index in [1.54, 1.807) is 6.07 Å². The maximum atomic E-state index is 12.4. The molecule has 25 heavy (non-hydrogen) atoms. The molecule has 0 radical (unpaired) electrons. The molecule has 2 rings (SSSR count). The summed E-state index contributed by atoms with van der Waals surface area (Å²) in [6.07, 6.45) is 0. The first-order valence-electron chi connectivity index (χ1n) is 7.44. The number of carbonyl (C=O) groups is 1. The average molecular weight is 382 g/mol. The van der Waals surface area contributed by atoms with E-state index in [1.165, 1.54) is 18.2 Å². The molecule has 0 saturated heterocycles. The minimum Gasteiger partial charge on any atom is -0.350 e. The summed E-state index contributed by atoms with van der Waals surface area (Å²) in [5, 5.41) is 14.7. The first-order valence-corrected chi connectivity index (χ1v) is 8.20. The predicted octanol–water partition coefficient (Wildman–Crippen LogP) is 3.93. The number of rotatable bonds is 6. The molecular formula is C17H17Cl2N3O3. The highest BCUT2D eigenvalue weighted by atomic mass is 35.5. The van der Waals surface area contributed by atoms with Crippen molar-refractivity contribution in [2.75, 3.05) is 20.6 Å². The van der Waals surface area contributed by atoms with E-state index >= 15 is 0 Å². The number of hydrogen-bond donors (Lipinski definition) is 1. The van der Waals surface area contributed by atoms with Crippen LogP contribution in [0, 0.1) is 10.1 Å². The maximum absolute atomic E-state index is 12.4. The molecule has 2 aromatic rings. The summed E-state index contributed by atoms with van der Waals surface area (Å²) in [6, 6.07) is 11.0. The molecule has 0 spiro atoms. The molecule has 1 atom stereocenters. The fourth-order valence-corrected chi connectivity index (χ4v) is 2.88. The molecule has 6 nitrogen and oxygen atoms in total. The van der Waals surface area contributed by atoms with E-state index in [0.29, 0.717) is 5.02 Å². The fourth-order valence-electron chi connectivity index (χ4n) is 2.45. The van der Waals surface area contributed by atoms with Gasteiger partial charge in [-0.25, -0.2) is 0 Å². The van der Waals surface area contributed by atoms with E-state index in [0.717, 1.165) is 5.56 Å². The van der Waals surface area contributed by atoms with E-state index in [9.17, 15) is 14.9 Å².